The number of carbonyl (C=O) groups is 1. The van der Waals surface area contributed by atoms with Crippen molar-refractivity contribution in [3.8, 4) is 11.5 Å². The average Bonchev–Trinajstić information content (AvgIpc) is 2.65. The van der Waals surface area contributed by atoms with Gasteiger partial charge in [0.15, 0.2) is 0 Å². The number of rotatable bonds is 10. The lowest BCUT2D eigenvalue weighted by Crippen LogP contribution is -2.21. The van der Waals surface area contributed by atoms with Crippen LogP contribution in [0, 0.1) is 5.92 Å². The van der Waals surface area contributed by atoms with Gasteiger partial charge in [-0.15, -0.1) is 0 Å². The summed E-state index contributed by atoms with van der Waals surface area (Å²) >= 11 is 0. The summed E-state index contributed by atoms with van der Waals surface area (Å²) in [6.07, 6.45) is 0.977. The van der Waals surface area contributed by atoms with Crippen molar-refractivity contribution >= 4 is 17.3 Å². The van der Waals surface area contributed by atoms with E-state index in [-0.39, 0.29) is 12.5 Å². The van der Waals surface area contributed by atoms with Crippen LogP contribution in [0.25, 0.3) is 0 Å². The van der Waals surface area contributed by atoms with Crippen LogP contribution in [0.1, 0.15) is 27.2 Å². The van der Waals surface area contributed by atoms with E-state index in [4.69, 9.17) is 9.47 Å². The van der Waals surface area contributed by atoms with Gasteiger partial charge in [-0.1, -0.05) is 20.8 Å². The van der Waals surface area contributed by atoms with E-state index in [1.807, 2.05) is 48.5 Å². The van der Waals surface area contributed by atoms with E-state index in [2.05, 4.69) is 31.4 Å². The Morgan fingerprint density at radius 3 is 2.08 bits per heavy atom. The standard InChI is InChI=1S/C21H28N2O3/c1-4-13-25-19-9-5-17(6-10-19)22-14-21(24)23-18-7-11-20(12-8-18)26-15-16(2)3/h5-12,16,22H,4,13-15H2,1-3H3,(H,23,24). The zero-order valence-electron chi connectivity index (χ0n) is 15.7. The molecule has 5 heteroatoms. The van der Waals surface area contributed by atoms with Crippen molar-refractivity contribution in [2.45, 2.75) is 27.2 Å². The Hall–Kier alpha value is -2.69. The van der Waals surface area contributed by atoms with Crippen LogP contribution in [0.2, 0.25) is 0 Å². The Labute approximate surface area is 155 Å². The third kappa shape index (κ3) is 7.05. The SMILES string of the molecule is CCCOc1ccc(NCC(=O)Nc2ccc(OCC(C)C)cc2)cc1. The first-order chi connectivity index (χ1) is 12.6. The highest BCUT2D eigenvalue weighted by Crippen LogP contribution is 2.17. The molecule has 0 aliphatic rings. The van der Waals surface area contributed by atoms with E-state index in [1.165, 1.54) is 0 Å². The molecule has 2 rings (SSSR count). The minimum atomic E-state index is -0.104. The molecule has 2 aromatic carbocycles. The molecule has 0 aliphatic carbocycles. The Morgan fingerprint density at radius 1 is 0.923 bits per heavy atom. The maximum absolute atomic E-state index is 12.1. The smallest absolute Gasteiger partial charge is 0.243 e. The molecule has 0 bridgehead atoms. The van der Waals surface area contributed by atoms with Crippen molar-refractivity contribution < 1.29 is 14.3 Å². The zero-order chi connectivity index (χ0) is 18.8. The van der Waals surface area contributed by atoms with E-state index in [0.29, 0.717) is 19.1 Å². The molecular formula is C21H28N2O3. The van der Waals surface area contributed by atoms with Crippen LogP contribution in [0.4, 0.5) is 11.4 Å². The topological polar surface area (TPSA) is 59.6 Å². The molecule has 0 saturated carbocycles. The van der Waals surface area contributed by atoms with Gasteiger partial charge in [0.2, 0.25) is 5.91 Å². The maximum Gasteiger partial charge on any atom is 0.243 e. The summed E-state index contributed by atoms with van der Waals surface area (Å²) in [5, 5.41) is 5.96. The monoisotopic (exact) mass is 356 g/mol. The van der Waals surface area contributed by atoms with Crippen LogP contribution in [0.3, 0.4) is 0 Å². The number of amides is 1. The van der Waals surface area contributed by atoms with Crippen molar-refractivity contribution in [3.05, 3.63) is 48.5 Å². The molecule has 1 amide bonds. The lowest BCUT2D eigenvalue weighted by Gasteiger charge is -2.11. The van der Waals surface area contributed by atoms with E-state index >= 15 is 0 Å². The van der Waals surface area contributed by atoms with Crippen LogP contribution in [-0.4, -0.2) is 25.7 Å². The Balaban J connectivity index is 1.76. The van der Waals surface area contributed by atoms with Crippen LogP contribution >= 0.6 is 0 Å². The lowest BCUT2D eigenvalue weighted by atomic mass is 10.2. The number of anilines is 2. The molecule has 0 spiro atoms. The molecule has 0 aliphatic heterocycles. The van der Waals surface area contributed by atoms with E-state index in [1.54, 1.807) is 0 Å². The molecule has 0 unspecified atom stereocenters. The number of benzene rings is 2. The van der Waals surface area contributed by atoms with Gasteiger partial charge < -0.3 is 20.1 Å². The molecule has 2 N–H and O–H groups in total. The first-order valence-electron chi connectivity index (χ1n) is 9.06. The van der Waals surface area contributed by atoms with Gasteiger partial charge >= 0.3 is 0 Å². The molecule has 0 atom stereocenters. The summed E-state index contributed by atoms with van der Waals surface area (Å²) in [6.45, 7) is 7.86. The Kier molecular flexibility index (Phi) is 7.80. The van der Waals surface area contributed by atoms with Gasteiger partial charge in [0, 0.05) is 11.4 Å². The van der Waals surface area contributed by atoms with Crippen LogP contribution in [0.15, 0.2) is 48.5 Å². The van der Waals surface area contributed by atoms with Crippen LogP contribution < -0.4 is 20.1 Å². The van der Waals surface area contributed by atoms with Crippen molar-refractivity contribution in [2.24, 2.45) is 5.92 Å². The fourth-order valence-corrected chi connectivity index (χ4v) is 2.17. The minimum absolute atomic E-state index is 0.104. The fourth-order valence-electron chi connectivity index (χ4n) is 2.17. The highest BCUT2D eigenvalue weighted by Gasteiger charge is 2.04. The summed E-state index contributed by atoms with van der Waals surface area (Å²) in [6, 6.07) is 15.0. The highest BCUT2D eigenvalue weighted by molar-refractivity contribution is 5.93. The largest absolute Gasteiger partial charge is 0.494 e. The van der Waals surface area contributed by atoms with Crippen LogP contribution in [-0.2, 0) is 4.79 Å². The molecule has 0 aromatic heterocycles. The van der Waals surface area contributed by atoms with Gasteiger partial charge in [-0.3, -0.25) is 4.79 Å². The molecule has 0 radical (unpaired) electrons. The van der Waals surface area contributed by atoms with Crippen LogP contribution in [0.5, 0.6) is 11.5 Å². The second-order valence-electron chi connectivity index (χ2n) is 6.50. The highest BCUT2D eigenvalue weighted by atomic mass is 16.5. The molecular weight excluding hydrogens is 328 g/mol. The van der Waals surface area contributed by atoms with Gasteiger partial charge in [0.25, 0.3) is 0 Å². The molecule has 0 fully saturated rings. The predicted octanol–water partition coefficient (Wildman–Crippen LogP) is 4.56. The molecule has 2 aromatic rings. The van der Waals surface area contributed by atoms with Gasteiger partial charge in [-0.2, -0.15) is 0 Å². The van der Waals surface area contributed by atoms with Gasteiger partial charge in [0.05, 0.1) is 19.8 Å². The van der Waals surface area contributed by atoms with Crippen molar-refractivity contribution in [2.75, 3.05) is 30.4 Å². The van der Waals surface area contributed by atoms with Gasteiger partial charge in [-0.25, -0.2) is 0 Å². The lowest BCUT2D eigenvalue weighted by molar-refractivity contribution is -0.114. The van der Waals surface area contributed by atoms with Gasteiger partial charge in [-0.05, 0) is 60.9 Å². The molecule has 0 heterocycles. The number of ether oxygens (including phenoxy) is 2. The molecule has 0 saturated heterocycles. The normalized spacial score (nSPS) is 10.5. The van der Waals surface area contributed by atoms with Crippen molar-refractivity contribution in [3.63, 3.8) is 0 Å². The predicted molar refractivity (Wildman–Crippen MR) is 106 cm³/mol. The zero-order valence-corrected chi connectivity index (χ0v) is 15.7. The number of hydrogen-bond donors (Lipinski definition) is 2. The van der Waals surface area contributed by atoms with E-state index in [9.17, 15) is 4.79 Å². The average molecular weight is 356 g/mol. The first kappa shape index (κ1) is 19.6. The minimum Gasteiger partial charge on any atom is -0.494 e. The summed E-state index contributed by atoms with van der Waals surface area (Å²) < 4.78 is 11.2. The summed E-state index contributed by atoms with van der Waals surface area (Å²) in [5.74, 6) is 2.02. The van der Waals surface area contributed by atoms with Crippen molar-refractivity contribution in [1.29, 1.82) is 0 Å². The molecule has 5 nitrogen and oxygen atoms in total. The number of nitrogens with one attached hydrogen (secondary N) is 2. The third-order valence-corrected chi connectivity index (χ3v) is 3.50. The summed E-state index contributed by atoms with van der Waals surface area (Å²) in [7, 11) is 0. The Morgan fingerprint density at radius 2 is 1.50 bits per heavy atom. The molecule has 26 heavy (non-hydrogen) atoms. The quantitative estimate of drug-likeness (QED) is 0.655. The van der Waals surface area contributed by atoms with E-state index in [0.717, 1.165) is 29.3 Å². The first-order valence-corrected chi connectivity index (χ1v) is 9.06. The second-order valence-corrected chi connectivity index (χ2v) is 6.50. The second kappa shape index (κ2) is 10.3. The molecule has 140 valence electrons. The number of carbonyl (C=O) groups excluding carboxylic acids is 1. The van der Waals surface area contributed by atoms with Crippen molar-refractivity contribution in [1.82, 2.24) is 0 Å². The van der Waals surface area contributed by atoms with E-state index < -0.39 is 0 Å². The summed E-state index contributed by atoms with van der Waals surface area (Å²) in [5.41, 5.74) is 1.62. The third-order valence-electron chi connectivity index (χ3n) is 3.50. The van der Waals surface area contributed by atoms with Gasteiger partial charge in [0.1, 0.15) is 11.5 Å². The maximum atomic E-state index is 12.1. The Bertz CT molecular complexity index is 667. The summed E-state index contributed by atoms with van der Waals surface area (Å²) in [4.78, 5) is 12.1. The number of hydrogen-bond acceptors (Lipinski definition) is 4. The fraction of sp³-hybridized carbons (Fsp3) is 0.381.